The van der Waals surface area contributed by atoms with Crippen LogP contribution < -0.4 is 15.0 Å². The third-order valence-corrected chi connectivity index (χ3v) is 7.94. The fourth-order valence-electron chi connectivity index (χ4n) is 5.81. The number of carbonyl (C=O) groups excluding carboxylic acids is 2. The van der Waals surface area contributed by atoms with E-state index in [1.807, 2.05) is 56.5 Å². The van der Waals surface area contributed by atoms with Crippen LogP contribution >= 0.6 is 23.2 Å². The Bertz CT molecular complexity index is 1710. The minimum absolute atomic E-state index is 0.156. The van der Waals surface area contributed by atoms with E-state index >= 15 is 0 Å². The van der Waals surface area contributed by atoms with E-state index in [0.717, 1.165) is 16.7 Å². The summed E-state index contributed by atoms with van der Waals surface area (Å²) in [6.07, 6.45) is 0. The number of ether oxygens (including phenoxy) is 1. The van der Waals surface area contributed by atoms with Gasteiger partial charge in [-0.2, -0.15) is 0 Å². The molecule has 0 unspecified atom stereocenters. The summed E-state index contributed by atoms with van der Waals surface area (Å²) in [4.78, 5) is 35.2. The first-order valence-corrected chi connectivity index (χ1v) is 13.3. The Hall–Kier alpha value is -3.81. The second-order valence-corrected chi connectivity index (χ2v) is 11.1. The summed E-state index contributed by atoms with van der Waals surface area (Å²) in [5.74, 6) is 0.431. The third kappa shape index (κ3) is 3.46. The number of rotatable bonds is 4. The number of halogens is 2. The molecule has 9 heteroatoms. The summed E-state index contributed by atoms with van der Waals surface area (Å²) < 4.78 is 7.69. The summed E-state index contributed by atoms with van der Waals surface area (Å²) in [5.41, 5.74) is 3.43. The molecule has 0 aliphatic carbocycles. The first kappa shape index (κ1) is 25.5. The van der Waals surface area contributed by atoms with Gasteiger partial charge in [0.1, 0.15) is 11.6 Å². The van der Waals surface area contributed by atoms with Crippen molar-refractivity contribution >= 4 is 46.4 Å². The van der Waals surface area contributed by atoms with Crippen molar-refractivity contribution in [1.29, 1.82) is 0 Å². The lowest BCUT2D eigenvalue weighted by atomic mass is 9.86. The number of imidazole rings is 1. The Morgan fingerprint density at radius 2 is 1.69 bits per heavy atom. The van der Waals surface area contributed by atoms with Gasteiger partial charge in [-0.25, -0.2) is 4.98 Å². The minimum atomic E-state index is -1.53. The number of nitrogens with zero attached hydrogens (tertiary/aromatic N) is 3. The number of hydrogen-bond donors (Lipinski definition) is 1. The molecule has 2 aliphatic rings. The van der Waals surface area contributed by atoms with E-state index in [9.17, 15) is 9.59 Å². The van der Waals surface area contributed by atoms with Crippen LogP contribution in [0, 0.1) is 13.8 Å². The zero-order chi connectivity index (χ0) is 27.8. The Balaban J connectivity index is 1.74. The SMILES string of the molecule is COc1cc(C)ccc1-c1nc2c(n1C(C)C)[C@]1(C(=O)Nc3cc(Cl)ccc31)N(c1cc(Cl)ccc1C)C2=O. The minimum Gasteiger partial charge on any atom is -0.496 e. The van der Waals surface area contributed by atoms with Gasteiger partial charge in [-0.05, 0) is 75.2 Å². The number of nitrogens with one attached hydrogen (secondary N) is 1. The van der Waals surface area contributed by atoms with Crippen LogP contribution in [0.1, 0.15) is 52.8 Å². The smallest absolute Gasteiger partial charge is 0.280 e. The number of amides is 2. The van der Waals surface area contributed by atoms with Crippen LogP contribution in [0.15, 0.2) is 54.6 Å². The van der Waals surface area contributed by atoms with Crippen molar-refractivity contribution in [2.24, 2.45) is 0 Å². The topological polar surface area (TPSA) is 76.5 Å². The quantitative estimate of drug-likeness (QED) is 0.294. The predicted molar refractivity (Wildman–Crippen MR) is 153 cm³/mol. The number of aromatic nitrogens is 2. The van der Waals surface area contributed by atoms with Crippen LogP contribution in [0.2, 0.25) is 10.0 Å². The molecule has 39 heavy (non-hydrogen) atoms. The molecule has 1 aromatic heterocycles. The second kappa shape index (κ2) is 8.86. The molecule has 0 bridgehead atoms. The molecule has 0 saturated heterocycles. The zero-order valence-corrected chi connectivity index (χ0v) is 23.6. The summed E-state index contributed by atoms with van der Waals surface area (Å²) in [5, 5.41) is 3.92. The van der Waals surface area contributed by atoms with Gasteiger partial charge >= 0.3 is 0 Å². The van der Waals surface area contributed by atoms with Crippen molar-refractivity contribution in [3.8, 4) is 17.1 Å². The lowest BCUT2D eigenvalue weighted by Gasteiger charge is -2.36. The monoisotopic (exact) mass is 560 g/mol. The largest absolute Gasteiger partial charge is 0.496 e. The van der Waals surface area contributed by atoms with Crippen molar-refractivity contribution in [3.05, 3.63) is 92.7 Å². The van der Waals surface area contributed by atoms with Crippen molar-refractivity contribution in [3.63, 3.8) is 0 Å². The molecule has 0 saturated carbocycles. The van der Waals surface area contributed by atoms with Gasteiger partial charge in [-0.1, -0.05) is 41.4 Å². The van der Waals surface area contributed by atoms with E-state index in [1.165, 1.54) is 4.90 Å². The maximum atomic E-state index is 14.4. The molecule has 198 valence electrons. The maximum Gasteiger partial charge on any atom is 0.280 e. The Labute approximate surface area is 236 Å². The van der Waals surface area contributed by atoms with E-state index in [0.29, 0.717) is 44.3 Å². The van der Waals surface area contributed by atoms with E-state index in [1.54, 1.807) is 37.4 Å². The lowest BCUT2D eigenvalue weighted by Crippen LogP contribution is -2.51. The number of methoxy groups -OCH3 is 1. The third-order valence-electron chi connectivity index (χ3n) is 7.47. The highest BCUT2D eigenvalue weighted by atomic mass is 35.5. The molecule has 1 N–H and O–H groups in total. The molecule has 3 aromatic carbocycles. The van der Waals surface area contributed by atoms with E-state index in [2.05, 4.69) is 5.32 Å². The highest BCUT2D eigenvalue weighted by Gasteiger charge is 2.64. The number of fused-ring (bicyclic) bond motifs is 4. The van der Waals surface area contributed by atoms with Gasteiger partial charge in [-0.3, -0.25) is 14.5 Å². The molecule has 0 fully saturated rings. The van der Waals surface area contributed by atoms with Crippen LogP contribution in [-0.4, -0.2) is 28.5 Å². The number of carbonyl (C=O) groups is 2. The zero-order valence-electron chi connectivity index (χ0n) is 22.1. The van der Waals surface area contributed by atoms with Gasteiger partial charge < -0.3 is 14.6 Å². The number of benzene rings is 3. The normalized spacial score (nSPS) is 17.7. The summed E-state index contributed by atoms with van der Waals surface area (Å²) in [7, 11) is 1.61. The van der Waals surface area contributed by atoms with E-state index in [-0.39, 0.29) is 23.6 Å². The fraction of sp³-hybridized carbons (Fsp3) is 0.233. The van der Waals surface area contributed by atoms with E-state index < -0.39 is 5.54 Å². The molecular formula is C30H26Cl2N4O3. The molecule has 4 aromatic rings. The molecular weight excluding hydrogens is 535 g/mol. The molecule has 1 spiro atoms. The average Bonchev–Trinajstić information content (AvgIpc) is 3.49. The maximum absolute atomic E-state index is 14.4. The van der Waals surface area contributed by atoms with Gasteiger partial charge in [0, 0.05) is 27.3 Å². The molecule has 3 heterocycles. The van der Waals surface area contributed by atoms with Crippen molar-refractivity contribution in [2.75, 3.05) is 17.3 Å². The number of anilines is 2. The van der Waals surface area contributed by atoms with Crippen molar-refractivity contribution < 1.29 is 14.3 Å². The molecule has 7 nitrogen and oxygen atoms in total. The average molecular weight is 561 g/mol. The molecule has 0 radical (unpaired) electrons. The highest BCUT2D eigenvalue weighted by molar-refractivity contribution is 6.32. The van der Waals surface area contributed by atoms with Gasteiger partial charge in [0.2, 0.25) is 0 Å². The van der Waals surface area contributed by atoms with Crippen LogP contribution in [0.3, 0.4) is 0 Å². The summed E-state index contributed by atoms with van der Waals surface area (Å²) in [6.45, 7) is 7.88. The summed E-state index contributed by atoms with van der Waals surface area (Å²) in [6, 6.07) is 16.2. The fourth-order valence-corrected chi connectivity index (χ4v) is 6.15. The molecule has 6 rings (SSSR count). The Morgan fingerprint density at radius 3 is 2.41 bits per heavy atom. The van der Waals surface area contributed by atoms with E-state index in [4.69, 9.17) is 32.9 Å². The van der Waals surface area contributed by atoms with Gasteiger partial charge in [0.25, 0.3) is 11.8 Å². The molecule has 1 atom stereocenters. The number of aryl methyl sites for hydroxylation is 2. The highest BCUT2D eigenvalue weighted by Crippen LogP contribution is 2.55. The Morgan fingerprint density at radius 1 is 0.974 bits per heavy atom. The van der Waals surface area contributed by atoms with Gasteiger partial charge in [-0.15, -0.1) is 0 Å². The Kier molecular flexibility index (Phi) is 5.79. The standard InChI is InChI=1S/C30H26Cl2N4O3/c1-15(2)35-26-25(34-27(35)20-10-6-16(3)12-24(20)39-5)28(37)36(23-14-19(32)8-7-17(23)4)30(26)21-11-9-18(31)13-22(21)33-29(30)38/h6-15H,1-5H3,(H,33,38)/t30-/m1/s1. The first-order valence-electron chi connectivity index (χ1n) is 12.6. The van der Waals surface area contributed by atoms with Crippen molar-refractivity contribution in [2.45, 2.75) is 39.3 Å². The number of hydrogen-bond acceptors (Lipinski definition) is 4. The lowest BCUT2D eigenvalue weighted by molar-refractivity contribution is -0.119. The van der Waals surface area contributed by atoms with Crippen LogP contribution in [0.5, 0.6) is 5.75 Å². The predicted octanol–water partition coefficient (Wildman–Crippen LogP) is 6.92. The second-order valence-electron chi connectivity index (χ2n) is 10.2. The van der Waals surface area contributed by atoms with Gasteiger partial charge in [0.05, 0.1) is 24.1 Å². The molecule has 2 amide bonds. The van der Waals surface area contributed by atoms with Gasteiger partial charge in [0.15, 0.2) is 11.2 Å². The van der Waals surface area contributed by atoms with Crippen LogP contribution in [0.4, 0.5) is 11.4 Å². The van der Waals surface area contributed by atoms with Crippen molar-refractivity contribution in [1.82, 2.24) is 9.55 Å². The first-order chi connectivity index (χ1) is 18.6. The molecule has 2 aliphatic heterocycles. The van der Waals surface area contributed by atoms with Crippen LogP contribution in [-0.2, 0) is 10.3 Å². The van der Waals surface area contributed by atoms with Crippen LogP contribution in [0.25, 0.3) is 11.4 Å². The summed E-state index contributed by atoms with van der Waals surface area (Å²) >= 11 is 12.7.